The monoisotopic (exact) mass is 455 g/mol. The summed E-state index contributed by atoms with van der Waals surface area (Å²) in [4.78, 5) is 28.8. The van der Waals surface area contributed by atoms with Crippen LogP contribution in [0, 0.1) is 11.2 Å². The molecule has 1 spiro atoms. The van der Waals surface area contributed by atoms with Crippen molar-refractivity contribution in [2.45, 2.75) is 50.7 Å². The first kappa shape index (κ1) is 22.2. The molecule has 8 nitrogen and oxygen atoms in total. The number of aromatic nitrogens is 3. The van der Waals surface area contributed by atoms with Crippen LogP contribution in [-0.4, -0.2) is 74.8 Å². The zero-order valence-corrected chi connectivity index (χ0v) is 18.9. The Balaban J connectivity index is 1.24. The fraction of sp³-hybridized carbons (Fsp3) is 0.583. The van der Waals surface area contributed by atoms with Crippen molar-refractivity contribution < 1.29 is 19.0 Å². The van der Waals surface area contributed by atoms with E-state index in [9.17, 15) is 14.3 Å². The highest BCUT2D eigenvalue weighted by atomic mass is 19.1. The van der Waals surface area contributed by atoms with Crippen LogP contribution >= 0.6 is 0 Å². The Morgan fingerprint density at radius 1 is 1.21 bits per heavy atom. The lowest BCUT2D eigenvalue weighted by molar-refractivity contribution is -0.0406. The fourth-order valence-corrected chi connectivity index (χ4v) is 5.83. The number of piperidine rings is 1. The van der Waals surface area contributed by atoms with Gasteiger partial charge in [-0.3, -0.25) is 15.0 Å². The predicted octanol–water partition coefficient (Wildman–Crippen LogP) is 2.97. The van der Waals surface area contributed by atoms with E-state index in [1.807, 2.05) is 6.92 Å². The Kier molecular flexibility index (Phi) is 5.78. The lowest BCUT2D eigenvalue weighted by Gasteiger charge is -2.48. The van der Waals surface area contributed by atoms with Crippen molar-refractivity contribution in [2.75, 3.05) is 32.8 Å². The Morgan fingerprint density at radius 3 is 2.70 bits per heavy atom. The number of hydrogen-bond acceptors (Lipinski definition) is 7. The molecule has 2 aliphatic heterocycles. The number of ether oxygens (including phenoxy) is 1. The third-order valence-corrected chi connectivity index (χ3v) is 7.56. The number of amides is 1. The van der Waals surface area contributed by atoms with Crippen LogP contribution in [0.4, 0.5) is 9.18 Å². The van der Waals surface area contributed by atoms with Gasteiger partial charge in [0.05, 0.1) is 30.3 Å². The lowest BCUT2D eigenvalue weighted by Crippen LogP contribution is -2.58. The summed E-state index contributed by atoms with van der Waals surface area (Å²) in [6.45, 7) is 5.24. The van der Waals surface area contributed by atoms with Crippen LogP contribution < -0.4 is 0 Å². The van der Waals surface area contributed by atoms with Crippen LogP contribution in [0.2, 0.25) is 0 Å². The third kappa shape index (κ3) is 4.19. The molecule has 3 aliphatic rings. The second kappa shape index (κ2) is 8.61. The molecule has 2 saturated heterocycles. The number of hydrogen-bond donors (Lipinski definition) is 1. The molecular formula is C24H30FN5O3. The second-order valence-corrected chi connectivity index (χ2v) is 9.66. The minimum absolute atomic E-state index is 0.205. The first-order valence-corrected chi connectivity index (χ1v) is 11.7. The molecule has 9 heteroatoms. The van der Waals surface area contributed by atoms with Crippen LogP contribution in [0.25, 0.3) is 11.4 Å². The molecule has 33 heavy (non-hydrogen) atoms. The number of rotatable bonds is 4. The molecule has 2 aromatic heterocycles. The molecule has 1 N–H and O–H groups in total. The SMILES string of the molecule is CCOC(=O)N1CC2(CC[C@H](N3CCC(O)(c4cc(F)cnc4-c4cnccn4)CC3)C2)C1. The van der Waals surface area contributed by atoms with Crippen molar-refractivity contribution >= 4 is 6.09 Å². The zero-order valence-electron chi connectivity index (χ0n) is 18.9. The van der Waals surface area contributed by atoms with Gasteiger partial charge in [-0.2, -0.15) is 0 Å². The van der Waals surface area contributed by atoms with E-state index in [-0.39, 0.29) is 11.5 Å². The molecule has 0 unspecified atom stereocenters. The zero-order chi connectivity index (χ0) is 23.1. The summed E-state index contributed by atoms with van der Waals surface area (Å²) in [5, 5.41) is 11.5. The Bertz CT molecular complexity index is 1010. The van der Waals surface area contributed by atoms with Crippen molar-refractivity contribution in [2.24, 2.45) is 5.41 Å². The van der Waals surface area contributed by atoms with Crippen molar-refractivity contribution in [1.29, 1.82) is 0 Å². The van der Waals surface area contributed by atoms with Crippen molar-refractivity contribution in [3.63, 3.8) is 0 Å². The molecular weight excluding hydrogens is 425 g/mol. The molecule has 1 atom stereocenters. The van der Waals surface area contributed by atoms with Gasteiger partial charge in [0, 0.05) is 55.6 Å². The quantitative estimate of drug-likeness (QED) is 0.758. The molecule has 0 aromatic carbocycles. The number of carbonyl (C=O) groups is 1. The predicted molar refractivity (Wildman–Crippen MR) is 119 cm³/mol. The molecule has 1 saturated carbocycles. The molecule has 0 radical (unpaired) electrons. The third-order valence-electron chi connectivity index (χ3n) is 7.56. The van der Waals surface area contributed by atoms with E-state index in [0.29, 0.717) is 42.4 Å². The van der Waals surface area contributed by atoms with Gasteiger partial charge in [-0.05, 0) is 45.1 Å². The number of halogens is 1. The Labute approximate surface area is 192 Å². The van der Waals surface area contributed by atoms with Crippen LogP contribution in [0.1, 0.15) is 44.6 Å². The fourth-order valence-electron chi connectivity index (χ4n) is 5.83. The highest BCUT2D eigenvalue weighted by molar-refractivity contribution is 5.69. The van der Waals surface area contributed by atoms with E-state index in [2.05, 4.69) is 19.9 Å². The van der Waals surface area contributed by atoms with Gasteiger partial charge in [-0.15, -0.1) is 0 Å². The van der Waals surface area contributed by atoms with Crippen LogP contribution in [-0.2, 0) is 10.3 Å². The smallest absolute Gasteiger partial charge is 0.409 e. The van der Waals surface area contributed by atoms with Crippen molar-refractivity contribution in [3.05, 3.63) is 42.2 Å². The lowest BCUT2D eigenvalue weighted by atomic mass is 9.78. The molecule has 0 bridgehead atoms. The summed E-state index contributed by atoms with van der Waals surface area (Å²) < 4.78 is 19.2. The van der Waals surface area contributed by atoms with Gasteiger partial charge in [0.2, 0.25) is 0 Å². The van der Waals surface area contributed by atoms with Crippen LogP contribution in [0.3, 0.4) is 0 Å². The largest absolute Gasteiger partial charge is 0.450 e. The average Bonchev–Trinajstić information content (AvgIpc) is 3.25. The van der Waals surface area contributed by atoms with Crippen molar-refractivity contribution in [1.82, 2.24) is 24.8 Å². The molecule has 1 aliphatic carbocycles. The van der Waals surface area contributed by atoms with Gasteiger partial charge < -0.3 is 19.6 Å². The number of likely N-dealkylation sites (tertiary alicyclic amines) is 2. The van der Waals surface area contributed by atoms with Gasteiger partial charge >= 0.3 is 6.09 Å². The normalized spacial score (nSPS) is 24.0. The minimum Gasteiger partial charge on any atom is -0.450 e. The second-order valence-electron chi connectivity index (χ2n) is 9.66. The van der Waals surface area contributed by atoms with Gasteiger partial charge in [0.1, 0.15) is 11.5 Å². The van der Waals surface area contributed by atoms with E-state index in [4.69, 9.17) is 4.74 Å². The molecule has 2 aromatic rings. The number of pyridine rings is 1. The molecule has 176 valence electrons. The summed E-state index contributed by atoms with van der Waals surface area (Å²) in [5.41, 5.74) is 0.531. The maximum Gasteiger partial charge on any atom is 0.409 e. The highest BCUT2D eigenvalue weighted by Gasteiger charge is 2.51. The maximum absolute atomic E-state index is 14.1. The van der Waals surface area contributed by atoms with Crippen molar-refractivity contribution in [3.8, 4) is 11.4 Å². The molecule has 4 heterocycles. The number of aliphatic hydroxyl groups is 1. The first-order chi connectivity index (χ1) is 15.9. The summed E-state index contributed by atoms with van der Waals surface area (Å²) in [7, 11) is 0. The Morgan fingerprint density at radius 2 is 2.00 bits per heavy atom. The van der Waals surface area contributed by atoms with E-state index < -0.39 is 11.4 Å². The number of carbonyl (C=O) groups excluding carboxylic acids is 1. The topological polar surface area (TPSA) is 91.7 Å². The van der Waals surface area contributed by atoms with E-state index >= 15 is 0 Å². The molecule has 5 rings (SSSR count). The average molecular weight is 456 g/mol. The Hall–Kier alpha value is -2.65. The summed E-state index contributed by atoms with van der Waals surface area (Å²) in [6, 6.07) is 1.83. The van der Waals surface area contributed by atoms with E-state index in [1.54, 1.807) is 23.5 Å². The summed E-state index contributed by atoms with van der Waals surface area (Å²) in [6.07, 6.45) is 9.94. The van der Waals surface area contributed by atoms with Gasteiger partial charge in [0.15, 0.2) is 0 Å². The maximum atomic E-state index is 14.1. The number of nitrogens with zero attached hydrogens (tertiary/aromatic N) is 5. The standard InChI is InChI=1S/C24H30FN5O3/c1-2-33-22(31)30-15-23(16-30)4-3-18(12-23)29-9-5-24(32,6-10-29)19-11-17(25)13-28-21(19)20-14-26-7-8-27-20/h7-8,11,13-14,18,32H,2-6,9-10,12,15-16H2,1H3/t18-/m0/s1. The van der Waals surface area contributed by atoms with Crippen LogP contribution in [0.5, 0.6) is 0 Å². The van der Waals surface area contributed by atoms with Gasteiger partial charge in [-0.25, -0.2) is 9.18 Å². The first-order valence-electron chi connectivity index (χ1n) is 11.7. The molecule has 3 fully saturated rings. The van der Waals surface area contributed by atoms with E-state index in [0.717, 1.165) is 51.6 Å². The summed E-state index contributed by atoms with van der Waals surface area (Å²) >= 11 is 0. The molecule has 1 amide bonds. The minimum atomic E-state index is -1.16. The van der Waals surface area contributed by atoms with Gasteiger partial charge in [0.25, 0.3) is 0 Å². The van der Waals surface area contributed by atoms with Gasteiger partial charge in [-0.1, -0.05) is 0 Å². The summed E-state index contributed by atoms with van der Waals surface area (Å²) in [5.74, 6) is -0.470. The highest BCUT2D eigenvalue weighted by Crippen LogP contribution is 2.48. The van der Waals surface area contributed by atoms with Crippen LogP contribution in [0.15, 0.2) is 30.9 Å². The van der Waals surface area contributed by atoms with E-state index in [1.165, 1.54) is 6.07 Å².